The number of nitrogens with two attached hydrogens (primary N) is 1. The molecule has 3 fully saturated rings. The van der Waals surface area contributed by atoms with Gasteiger partial charge in [0.2, 0.25) is 47.5 Å². The zero-order chi connectivity index (χ0) is 82.6. The summed E-state index contributed by atoms with van der Waals surface area (Å²) >= 11 is 0. The number of esters is 3. The number of rotatable bonds is 37. The molecule has 35 heteroatoms. The van der Waals surface area contributed by atoms with Crippen LogP contribution in [0, 0.1) is 16.7 Å². The molecule has 0 radical (unpaired) electrons. The highest BCUT2D eigenvalue weighted by Gasteiger charge is 2.78. The highest BCUT2D eigenvalue weighted by atomic mass is 16.7. The number of unbranched alkanes of at least 4 members (excludes halogenated alkanes) is 1. The van der Waals surface area contributed by atoms with E-state index in [4.69, 9.17) is 57.8 Å². The lowest BCUT2D eigenvalue weighted by Gasteiger charge is -2.67. The third-order valence-electron chi connectivity index (χ3n) is 20.1. The number of hydrogen-bond donors (Lipinski definition) is 11. The Hall–Kier alpha value is -10.0. The van der Waals surface area contributed by atoms with Crippen LogP contribution >= 0.6 is 0 Å². The maximum atomic E-state index is 15.4. The number of aliphatic hydroxyl groups excluding tert-OH is 2. The van der Waals surface area contributed by atoms with E-state index >= 15 is 9.59 Å². The van der Waals surface area contributed by atoms with Gasteiger partial charge in [-0.1, -0.05) is 74.5 Å². The van der Waals surface area contributed by atoms with E-state index in [1.54, 1.807) is 57.2 Å². The molecule has 112 heavy (non-hydrogen) atoms. The summed E-state index contributed by atoms with van der Waals surface area (Å²) in [6.45, 7) is 13.6. The summed E-state index contributed by atoms with van der Waals surface area (Å²) in [5, 5.41) is 56.5. The van der Waals surface area contributed by atoms with Crippen LogP contribution in [0.25, 0.3) is 0 Å². The SMILES string of the molecule is COCCOCC(=O)NCCCC[C@H](NC(=O)COCCOC)C(=O)N[C@H](C)C(=O)N[C@H](C)C(=O)N[C@H](CC(N)=O)C(=O)Nc1ccc(COC(=O)O[C@@H](C(=O)O[C@H]2C[C@@]3(O)[C@@H](OC(=O)c4ccccc4)[C@H]4[C@](C)(C(=O)[C@H](O)C(=C2C)C3(C)C)[C@@H](O)CC2OC[C@]24OC(C)=O)[C@@H](NC(=O)OC(C)(C)C)c2ccccc2)cc1. The number of carbonyl (C=O) groups excluding carboxylic acids is 13. The van der Waals surface area contributed by atoms with Gasteiger partial charge in [-0.15, -0.1) is 0 Å². The Labute approximate surface area is 647 Å². The quantitative estimate of drug-likeness (QED) is 0.0170. The fourth-order valence-electron chi connectivity index (χ4n) is 14.2. The van der Waals surface area contributed by atoms with Crippen molar-refractivity contribution >= 4 is 83.0 Å². The normalized spacial score (nSPS) is 23.8. The van der Waals surface area contributed by atoms with Gasteiger partial charge in [-0.05, 0) is 114 Å². The number of alkyl carbamates (subject to hydrolysis) is 1. The van der Waals surface area contributed by atoms with Crippen molar-refractivity contribution in [3.63, 3.8) is 0 Å². The molecule has 3 aliphatic carbocycles. The molecule has 15 atom stereocenters. The van der Waals surface area contributed by atoms with E-state index in [1.807, 2.05) is 0 Å². The Balaban J connectivity index is 1.07. The maximum Gasteiger partial charge on any atom is 0.509 e. The molecular formula is C77H104N8O27. The lowest BCUT2D eigenvalue weighted by molar-refractivity contribution is -0.346. The first-order chi connectivity index (χ1) is 52.8. The largest absolute Gasteiger partial charge is 0.509 e. The summed E-state index contributed by atoms with van der Waals surface area (Å²) in [5.41, 5.74) is -3.79. The molecule has 3 aromatic rings. The van der Waals surface area contributed by atoms with Crippen LogP contribution in [0.5, 0.6) is 0 Å². The van der Waals surface area contributed by atoms with E-state index in [-0.39, 0.29) is 85.2 Å². The van der Waals surface area contributed by atoms with Gasteiger partial charge in [-0.25, -0.2) is 19.2 Å². The number of nitrogens with one attached hydrogen (secondary N) is 7. The average molecular weight is 1570 g/mol. The van der Waals surface area contributed by atoms with E-state index in [2.05, 4.69) is 37.2 Å². The molecule has 3 aromatic carbocycles. The number of ketones is 1. The van der Waals surface area contributed by atoms with Crippen LogP contribution in [-0.4, -0.2) is 237 Å². The second kappa shape index (κ2) is 39.4. The van der Waals surface area contributed by atoms with E-state index in [9.17, 15) is 68.1 Å². The second-order valence-corrected chi connectivity index (χ2v) is 29.6. The Morgan fingerprint density at radius 2 is 1.31 bits per heavy atom. The van der Waals surface area contributed by atoms with Gasteiger partial charge in [0.15, 0.2) is 11.4 Å². The van der Waals surface area contributed by atoms with E-state index in [0.717, 1.165) is 6.92 Å². The lowest BCUT2D eigenvalue weighted by Crippen LogP contribution is -2.81. The molecule has 4 aliphatic rings. The number of amides is 8. The van der Waals surface area contributed by atoms with Crippen LogP contribution in [0.15, 0.2) is 96.1 Å². The van der Waals surface area contributed by atoms with Crippen LogP contribution in [0.3, 0.4) is 0 Å². The molecular weight excluding hydrogens is 1470 g/mol. The number of Topliss-reactive ketones (excluding diaryl/α,β-unsaturated/α-hetero) is 1. The molecule has 7 rings (SSSR count). The number of hydrogen-bond acceptors (Lipinski definition) is 27. The molecule has 2 saturated carbocycles. The third kappa shape index (κ3) is 22.4. The number of aliphatic hydroxyl groups is 3. The third-order valence-corrected chi connectivity index (χ3v) is 20.1. The zero-order valence-electron chi connectivity index (χ0n) is 64.8. The smallest absolute Gasteiger partial charge is 0.455 e. The van der Waals surface area contributed by atoms with Crippen LogP contribution in [0.1, 0.15) is 135 Å². The molecule has 35 nitrogen and oxygen atoms in total. The number of methoxy groups -OCH3 is 2. The molecule has 8 amide bonds. The summed E-state index contributed by atoms with van der Waals surface area (Å²) < 4.78 is 62.1. The van der Waals surface area contributed by atoms with Crippen molar-refractivity contribution in [2.24, 2.45) is 22.5 Å². The minimum atomic E-state index is -2.56. The van der Waals surface area contributed by atoms with Crippen LogP contribution in [0.4, 0.5) is 15.3 Å². The Bertz CT molecular complexity index is 3890. The van der Waals surface area contributed by atoms with Crippen LogP contribution < -0.4 is 43.0 Å². The highest BCUT2D eigenvalue weighted by molar-refractivity contribution is 6.01. The number of ether oxygens (including phenoxy) is 11. The van der Waals surface area contributed by atoms with Crippen molar-refractivity contribution in [1.82, 2.24) is 31.9 Å². The molecule has 2 bridgehead atoms. The number of fused-ring (bicyclic) bond motifs is 5. The van der Waals surface area contributed by atoms with Crippen molar-refractivity contribution in [3.8, 4) is 0 Å². The van der Waals surface area contributed by atoms with Gasteiger partial charge < -0.3 is 110 Å². The van der Waals surface area contributed by atoms with Gasteiger partial charge in [0.05, 0.1) is 62.5 Å². The van der Waals surface area contributed by atoms with Gasteiger partial charge in [0, 0.05) is 51.6 Å². The molecule has 0 aromatic heterocycles. The maximum absolute atomic E-state index is 15.4. The van der Waals surface area contributed by atoms with Crippen LogP contribution in [0.2, 0.25) is 0 Å². The highest BCUT2D eigenvalue weighted by Crippen LogP contribution is 2.64. The summed E-state index contributed by atoms with van der Waals surface area (Å²) in [6, 6.07) is 13.7. The van der Waals surface area contributed by atoms with Gasteiger partial charge in [0.1, 0.15) is 85.6 Å². The predicted octanol–water partition coefficient (Wildman–Crippen LogP) is 2.03. The van der Waals surface area contributed by atoms with Gasteiger partial charge >= 0.3 is 30.2 Å². The first kappa shape index (κ1) is 89.2. The zero-order valence-corrected chi connectivity index (χ0v) is 64.8. The van der Waals surface area contributed by atoms with Crippen molar-refractivity contribution in [3.05, 3.63) is 113 Å². The van der Waals surface area contributed by atoms with Crippen molar-refractivity contribution in [2.45, 2.75) is 198 Å². The topological polar surface area (TPSA) is 494 Å². The molecule has 0 spiro atoms. The Morgan fingerprint density at radius 1 is 0.714 bits per heavy atom. The fraction of sp³-hybridized carbons (Fsp3) is 0.571. The fourth-order valence-corrected chi connectivity index (χ4v) is 14.2. The summed E-state index contributed by atoms with van der Waals surface area (Å²) in [7, 11) is 2.95. The lowest BCUT2D eigenvalue weighted by atomic mass is 9.44. The number of primary amides is 1. The second-order valence-electron chi connectivity index (χ2n) is 29.6. The summed E-state index contributed by atoms with van der Waals surface area (Å²) in [6.07, 6.45) is -14.4. The minimum absolute atomic E-state index is 0.00457. The van der Waals surface area contributed by atoms with E-state index in [1.165, 1.54) is 104 Å². The molecule has 614 valence electrons. The summed E-state index contributed by atoms with van der Waals surface area (Å²) in [4.78, 5) is 178. The average Bonchev–Trinajstić information content (AvgIpc) is 0.669. The molecule has 1 aliphatic heterocycles. The van der Waals surface area contributed by atoms with Gasteiger partial charge in [-0.3, -0.25) is 43.2 Å². The number of benzene rings is 3. The minimum Gasteiger partial charge on any atom is -0.455 e. The first-order valence-corrected chi connectivity index (χ1v) is 36.6. The van der Waals surface area contributed by atoms with Crippen LogP contribution in [-0.2, 0) is 107 Å². The van der Waals surface area contributed by atoms with Crippen molar-refractivity contribution < 1.29 is 130 Å². The molecule has 12 N–H and O–H groups in total. The summed E-state index contributed by atoms with van der Waals surface area (Å²) in [5.74, 6) is -11.5. The predicted molar refractivity (Wildman–Crippen MR) is 393 cm³/mol. The molecule has 1 saturated heterocycles. The Morgan fingerprint density at radius 3 is 1.89 bits per heavy atom. The van der Waals surface area contributed by atoms with E-state index in [0.29, 0.717) is 19.4 Å². The van der Waals surface area contributed by atoms with E-state index < -0.39 is 204 Å². The molecule has 1 heterocycles. The Kier molecular flexibility index (Phi) is 31.4. The number of carbonyl (C=O) groups is 13. The van der Waals surface area contributed by atoms with Crippen molar-refractivity contribution in [1.29, 1.82) is 0 Å². The van der Waals surface area contributed by atoms with Gasteiger partial charge in [0.25, 0.3) is 0 Å². The standard InChI is InChI=1S/C77H104N8O27/c1-42-52(37-77(101)64(110-69(97)48-23-17-14-18-24-48)62-75(10,63(92)60(91)58(42)74(77,8)9)53(87)36-54-76(62,41-107-54)111-45(4)86)108-70(98)61(59(47-21-15-13-16-22-47)85-71(99)112-73(5,6)7)109-72(100)106-38-46-26-28-49(29-27-46)82-68(96)51(35-55(78)88)84-66(94)44(3)80-65(93)43(2)81-67(95)50(83-57(90)40-105-34-32-103-12)25-19-20-30-79-56(89)39-104-33-31-102-11/h13-18,21-24,26-29,43-44,50-54,59-62,64,87,91,101H,19-20,25,30-41H2,1-12H3,(H2,78,88)(H,79,89)(H,80,93)(H,81,95)(H,82,96)(H,83,90)(H,84,94)(H,85,99)/t43-,44-,50+,51-,52+,53+,54?,59+,60-,61-,62+,64+,75-,76+,77-/m1/s1. The monoisotopic (exact) mass is 1570 g/mol. The van der Waals surface area contributed by atoms with Gasteiger partial charge in [-0.2, -0.15) is 0 Å². The first-order valence-electron chi connectivity index (χ1n) is 36.6. The molecule has 1 unspecified atom stereocenters. The number of anilines is 1. The van der Waals surface area contributed by atoms with Crippen molar-refractivity contribution in [2.75, 3.05) is 72.3 Å².